The standard InChI is InChI=1S/C25H25F3N4O4S/c26-25(27,28)20-9-5-17(6-10-20)22-29-30-23(36-22)19-4-3-13-31(16-19)24(33)18-7-11-21(12-8-18)37(34,35)32-14-1-2-15-32/h5-12,19H,1-4,13-16H2. The van der Waals surface area contributed by atoms with Crippen molar-refractivity contribution in [3.05, 3.63) is 65.5 Å². The average Bonchev–Trinajstić information content (AvgIpc) is 3.62. The van der Waals surface area contributed by atoms with E-state index in [0.717, 1.165) is 25.0 Å². The Labute approximate surface area is 212 Å². The van der Waals surface area contributed by atoms with Gasteiger partial charge in [0.1, 0.15) is 0 Å². The summed E-state index contributed by atoms with van der Waals surface area (Å²) in [5, 5.41) is 8.07. The molecule has 0 bridgehead atoms. The first-order valence-corrected chi connectivity index (χ1v) is 13.5. The zero-order valence-corrected chi connectivity index (χ0v) is 20.6. The summed E-state index contributed by atoms with van der Waals surface area (Å²) in [5.41, 5.74) is -0.00411. The molecule has 1 unspecified atom stereocenters. The first-order chi connectivity index (χ1) is 17.6. The van der Waals surface area contributed by atoms with Gasteiger partial charge in [-0.05, 0) is 74.2 Å². The molecule has 8 nitrogen and oxygen atoms in total. The van der Waals surface area contributed by atoms with Crippen LogP contribution in [0.3, 0.4) is 0 Å². The number of rotatable bonds is 5. The summed E-state index contributed by atoms with van der Waals surface area (Å²) >= 11 is 0. The van der Waals surface area contributed by atoms with E-state index < -0.39 is 21.8 Å². The first-order valence-electron chi connectivity index (χ1n) is 12.0. The van der Waals surface area contributed by atoms with Crippen LogP contribution < -0.4 is 0 Å². The number of hydrogen-bond donors (Lipinski definition) is 0. The smallest absolute Gasteiger partial charge is 0.416 e. The number of carbonyl (C=O) groups excluding carboxylic acids is 1. The van der Waals surface area contributed by atoms with Crippen molar-refractivity contribution >= 4 is 15.9 Å². The van der Waals surface area contributed by atoms with Crippen molar-refractivity contribution in [1.82, 2.24) is 19.4 Å². The Hall–Kier alpha value is -3.25. The van der Waals surface area contributed by atoms with Gasteiger partial charge in [-0.1, -0.05) is 0 Å². The highest BCUT2D eigenvalue weighted by Gasteiger charge is 2.32. The number of halogens is 3. The number of piperidine rings is 1. The van der Waals surface area contributed by atoms with Crippen molar-refractivity contribution in [2.24, 2.45) is 0 Å². The molecule has 2 aliphatic heterocycles. The molecular formula is C25H25F3N4O4S. The highest BCUT2D eigenvalue weighted by Crippen LogP contribution is 2.32. The van der Waals surface area contributed by atoms with Crippen molar-refractivity contribution in [2.45, 2.75) is 42.7 Å². The molecule has 0 radical (unpaired) electrons. The zero-order valence-electron chi connectivity index (χ0n) is 19.8. The van der Waals surface area contributed by atoms with Crippen LogP contribution in [0.2, 0.25) is 0 Å². The van der Waals surface area contributed by atoms with E-state index in [1.54, 1.807) is 4.90 Å². The number of hydrogen-bond acceptors (Lipinski definition) is 6. The van der Waals surface area contributed by atoms with E-state index in [0.29, 0.717) is 56.0 Å². The minimum atomic E-state index is -4.43. The summed E-state index contributed by atoms with van der Waals surface area (Å²) < 4.78 is 71.1. The van der Waals surface area contributed by atoms with Gasteiger partial charge >= 0.3 is 6.18 Å². The molecule has 5 rings (SSSR count). The normalized spacial score (nSPS) is 19.3. The van der Waals surface area contributed by atoms with Gasteiger partial charge in [-0.2, -0.15) is 17.5 Å². The molecule has 2 aromatic carbocycles. The van der Waals surface area contributed by atoms with Gasteiger partial charge in [0.25, 0.3) is 5.91 Å². The maximum absolute atomic E-state index is 13.1. The Morgan fingerprint density at radius 3 is 2.24 bits per heavy atom. The Balaban J connectivity index is 1.26. The molecule has 1 amide bonds. The summed E-state index contributed by atoms with van der Waals surface area (Å²) in [6.07, 6.45) is -1.32. The number of alkyl halides is 3. The Morgan fingerprint density at radius 2 is 1.59 bits per heavy atom. The minimum absolute atomic E-state index is 0.113. The molecule has 0 spiro atoms. The van der Waals surface area contributed by atoms with Gasteiger partial charge < -0.3 is 9.32 Å². The molecule has 2 saturated heterocycles. The quantitative estimate of drug-likeness (QED) is 0.476. The van der Waals surface area contributed by atoms with E-state index in [9.17, 15) is 26.4 Å². The Morgan fingerprint density at radius 1 is 0.919 bits per heavy atom. The van der Waals surface area contributed by atoms with E-state index in [4.69, 9.17) is 4.42 Å². The van der Waals surface area contributed by atoms with Gasteiger partial charge in [0, 0.05) is 37.3 Å². The topological polar surface area (TPSA) is 96.6 Å². The number of carbonyl (C=O) groups is 1. The summed E-state index contributed by atoms with van der Waals surface area (Å²) in [7, 11) is -3.56. The molecule has 1 atom stereocenters. The molecule has 3 heterocycles. The SMILES string of the molecule is O=C(c1ccc(S(=O)(=O)N2CCCC2)cc1)N1CCCC(c2nnc(-c3ccc(C(F)(F)F)cc3)o2)C1. The van der Waals surface area contributed by atoms with Gasteiger partial charge in [0.15, 0.2) is 0 Å². The van der Waals surface area contributed by atoms with Gasteiger partial charge in [-0.25, -0.2) is 8.42 Å². The van der Waals surface area contributed by atoms with Crippen LogP contribution in [0.25, 0.3) is 11.5 Å². The van der Waals surface area contributed by atoms with Crippen LogP contribution in [0.15, 0.2) is 57.8 Å². The summed E-state index contributed by atoms with van der Waals surface area (Å²) in [4.78, 5) is 15.0. The lowest BCUT2D eigenvalue weighted by Crippen LogP contribution is -2.39. The van der Waals surface area contributed by atoms with Gasteiger partial charge in [0.05, 0.1) is 16.4 Å². The highest BCUT2D eigenvalue weighted by molar-refractivity contribution is 7.89. The second-order valence-electron chi connectivity index (χ2n) is 9.25. The van der Waals surface area contributed by atoms with Crippen LogP contribution in [0, 0.1) is 0 Å². The maximum atomic E-state index is 13.1. The van der Waals surface area contributed by atoms with E-state index in [1.807, 2.05) is 0 Å². The molecule has 3 aromatic rings. The van der Waals surface area contributed by atoms with E-state index in [-0.39, 0.29) is 22.6 Å². The molecule has 2 fully saturated rings. The number of likely N-dealkylation sites (tertiary alicyclic amines) is 1. The molecule has 0 saturated carbocycles. The minimum Gasteiger partial charge on any atom is -0.420 e. The van der Waals surface area contributed by atoms with Gasteiger partial charge in [0.2, 0.25) is 21.8 Å². The highest BCUT2D eigenvalue weighted by atomic mass is 32.2. The summed E-state index contributed by atoms with van der Waals surface area (Å²) in [6.45, 7) is 1.88. The summed E-state index contributed by atoms with van der Waals surface area (Å²) in [6, 6.07) is 10.5. The molecular weight excluding hydrogens is 509 g/mol. The van der Waals surface area contributed by atoms with Crippen molar-refractivity contribution in [3.63, 3.8) is 0 Å². The predicted octanol–water partition coefficient (Wildman–Crippen LogP) is 4.56. The fraction of sp³-hybridized carbons (Fsp3) is 0.400. The van der Waals surface area contributed by atoms with Crippen LogP contribution in [0.4, 0.5) is 13.2 Å². The van der Waals surface area contributed by atoms with E-state index >= 15 is 0 Å². The molecule has 12 heteroatoms. The van der Waals surface area contributed by atoms with Crippen LogP contribution in [0.5, 0.6) is 0 Å². The van der Waals surface area contributed by atoms with E-state index in [1.165, 1.54) is 40.7 Å². The Bertz CT molecular complexity index is 1370. The first kappa shape index (κ1) is 25.4. The largest absolute Gasteiger partial charge is 0.420 e. The molecule has 2 aliphatic rings. The molecule has 37 heavy (non-hydrogen) atoms. The Kier molecular flexibility index (Phi) is 6.80. The maximum Gasteiger partial charge on any atom is 0.416 e. The third-order valence-electron chi connectivity index (χ3n) is 6.76. The fourth-order valence-corrected chi connectivity index (χ4v) is 6.23. The van der Waals surface area contributed by atoms with Gasteiger partial charge in [-0.3, -0.25) is 4.79 Å². The molecule has 0 N–H and O–H groups in total. The van der Waals surface area contributed by atoms with Crippen molar-refractivity contribution in [3.8, 4) is 11.5 Å². The van der Waals surface area contributed by atoms with Crippen molar-refractivity contribution < 1.29 is 30.8 Å². The lowest BCUT2D eigenvalue weighted by molar-refractivity contribution is -0.137. The monoisotopic (exact) mass is 534 g/mol. The lowest BCUT2D eigenvalue weighted by atomic mass is 9.97. The number of benzene rings is 2. The average molecular weight is 535 g/mol. The third kappa shape index (κ3) is 5.26. The molecule has 196 valence electrons. The lowest BCUT2D eigenvalue weighted by Gasteiger charge is -2.31. The van der Waals surface area contributed by atoms with Crippen LogP contribution >= 0.6 is 0 Å². The predicted molar refractivity (Wildman–Crippen MR) is 127 cm³/mol. The van der Waals surface area contributed by atoms with Gasteiger partial charge in [-0.15, -0.1) is 10.2 Å². The third-order valence-corrected chi connectivity index (χ3v) is 8.67. The van der Waals surface area contributed by atoms with Crippen LogP contribution in [-0.2, 0) is 16.2 Å². The fourth-order valence-electron chi connectivity index (χ4n) is 4.71. The van der Waals surface area contributed by atoms with Crippen LogP contribution in [0.1, 0.15) is 53.4 Å². The number of sulfonamides is 1. The number of nitrogens with zero attached hydrogens (tertiary/aromatic N) is 4. The number of aromatic nitrogens is 2. The van der Waals surface area contributed by atoms with E-state index in [2.05, 4.69) is 10.2 Å². The second kappa shape index (κ2) is 9.90. The second-order valence-corrected chi connectivity index (χ2v) is 11.2. The zero-order chi connectivity index (χ0) is 26.2. The van der Waals surface area contributed by atoms with Crippen LogP contribution in [-0.4, -0.2) is 59.9 Å². The van der Waals surface area contributed by atoms with Crippen molar-refractivity contribution in [1.29, 1.82) is 0 Å². The molecule has 0 aliphatic carbocycles. The number of amides is 1. The summed E-state index contributed by atoms with van der Waals surface area (Å²) in [5.74, 6) is -0.0121. The van der Waals surface area contributed by atoms with Crippen molar-refractivity contribution in [2.75, 3.05) is 26.2 Å². The molecule has 1 aromatic heterocycles.